The summed E-state index contributed by atoms with van der Waals surface area (Å²) >= 11 is 0. The minimum Gasteiger partial charge on any atom is -0.444 e. The van der Waals surface area contributed by atoms with E-state index in [4.69, 9.17) is 9.47 Å². The van der Waals surface area contributed by atoms with Gasteiger partial charge in [-0.3, -0.25) is 4.72 Å². The molecule has 0 radical (unpaired) electrons. The maximum atomic E-state index is 14.9. The largest absolute Gasteiger partial charge is 0.444 e. The van der Waals surface area contributed by atoms with Gasteiger partial charge >= 0.3 is 6.09 Å². The molecular weight excluding hydrogens is 582 g/mol. The van der Waals surface area contributed by atoms with Crippen LogP contribution in [0.2, 0.25) is 0 Å². The molecule has 1 saturated carbocycles. The highest BCUT2D eigenvalue weighted by atomic mass is 32.2. The van der Waals surface area contributed by atoms with Gasteiger partial charge in [0.25, 0.3) is 0 Å². The standard InChI is InChI=1S/C29H36F2N6O5S/c1-5-15-43(39,40)37-20-16-22(30)25(23(31)17-20)41-26-21(7-6-13-32-26)24-12-14-33-27(36-24)34-18-8-10-19(11-9-18)35-28(38)42-29(2,3)4/h6-7,12-14,16-19,37H,5,8-11,15H2,1-4H3,(H,35,38)(H,33,34,36). The van der Waals surface area contributed by atoms with Gasteiger partial charge in [-0.15, -0.1) is 0 Å². The molecule has 1 fully saturated rings. The molecule has 11 nitrogen and oxygen atoms in total. The number of nitrogens with one attached hydrogen (secondary N) is 3. The summed E-state index contributed by atoms with van der Waals surface area (Å²) in [6.45, 7) is 7.13. The summed E-state index contributed by atoms with van der Waals surface area (Å²) in [6.07, 6.45) is 5.94. The van der Waals surface area contributed by atoms with Gasteiger partial charge in [0.1, 0.15) is 5.60 Å². The molecule has 1 aliphatic rings. The van der Waals surface area contributed by atoms with Crippen molar-refractivity contribution in [2.24, 2.45) is 0 Å². The molecule has 43 heavy (non-hydrogen) atoms. The third-order valence-corrected chi connectivity index (χ3v) is 7.92. The minimum atomic E-state index is -3.74. The Morgan fingerprint density at radius 1 is 1.02 bits per heavy atom. The highest BCUT2D eigenvalue weighted by Crippen LogP contribution is 2.35. The second-order valence-corrected chi connectivity index (χ2v) is 13.1. The fourth-order valence-electron chi connectivity index (χ4n) is 4.60. The molecule has 0 aliphatic heterocycles. The van der Waals surface area contributed by atoms with E-state index in [0.717, 1.165) is 37.8 Å². The summed E-state index contributed by atoms with van der Waals surface area (Å²) in [5, 5.41) is 6.24. The Bertz CT molecular complexity index is 1520. The first kappa shape index (κ1) is 31.9. The van der Waals surface area contributed by atoms with E-state index in [1.54, 1.807) is 31.3 Å². The number of sulfonamides is 1. The lowest BCUT2D eigenvalue weighted by Crippen LogP contribution is -2.42. The SMILES string of the molecule is CCCS(=O)(=O)Nc1cc(F)c(Oc2ncccc2-c2ccnc(NC3CCC(NC(=O)OC(C)(C)C)CC3)n2)c(F)c1. The van der Waals surface area contributed by atoms with Crippen LogP contribution in [-0.2, 0) is 14.8 Å². The smallest absolute Gasteiger partial charge is 0.407 e. The third kappa shape index (κ3) is 9.21. The molecule has 0 unspecified atom stereocenters. The van der Waals surface area contributed by atoms with E-state index >= 15 is 0 Å². The normalized spacial score (nSPS) is 17.2. The minimum absolute atomic E-state index is 0.0154. The Kier molecular flexibility index (Phi) is 9.99. The molecular formula is C29H36F2N6O5S. The summed E-state index contributed by atoms with van der Waals surface area (Å²) in [4.78, 5) is 25.1. The lowest BCUT2D eigenvalue weighted by Gasteiger charge is -2.30. The van der Waals surface area contributed by atoms with Crippen LogP contribution in [0.3, 0.4) is 0 Å². The first-order chi connectivity index (χ1) is 20.3. The Labute approximate surface area is 249 Å². The zero-order valence-corrected chi connectivity index (χ0v) is 25.3. The average Bonchev–Trinajstić information content (AvgIpc) is 2.91. The van der Waals surface area contributed by atoms with Gasteiger partial charge in [-0.25, -0.2) is 36.9 Å². The zero-order valence-electron chi connectivity index (χ0n) is 24.5. The summed E-state index contributed by atoms with van der Waals surface area (Å²) in [5.74, 6) is -2.87. The second kappa shape index (κ2) is 13.5. The highest BCUT2D eigenvalue weighted by Gasteiger charge is 2.25. The van der Waals surface area contributed by atoms with E-state index in [1.165, 1.54) is 6.20 Å². The van der Waals surface area contributed by atoms with Crippen molar-refractivity contribution < 1.29 is 31.5 Å². The Hall–Kier alpha value is -4.07. The van der Waals surface area contributed by atoms with Crippen molar-refractivity contribution in [3.63, 3.8) is 0 Å². The molecule has 0 atom stereocenters. The van der Waals surface area contributed by atoms with Gasteiger partial charge in [0.15, 0.2) is 11.6 Å². The summed E-state index contributed by atoms with van der Waals surface area (Å²) < 4.78 is 66.9. The first-order valence-corrected chi connectivity index (χ1v) is 15.7. The predicted molar refractivity (Wildman–Crippen MR) is 158 cm³/mol. The lowest BCUT2D eigenvalue weighted by molar-refractivity contribution is 0.0492. The van der Waals surface area contributed by atoms with E-state index in [9.17, 15) is 22.0 Å². The van der Waals surface area contributed by atoms with Crippen LogP contribution in [-0.4, -0.2) is 52.9 Å². The third-order valence-electron chi connectivity index (χ3n) is 6.43. The molecule has 0 saturated heterocycles. The number of halogens is 2. The van der Waals surface area contributed by atoms with Crippen LogP contribution in [0.5, 0.6) is 11.6 Å². The van der Waals surface area contributed by atoms with Crippen LogP contribution in [0.1, 0.15) is 59.8 Å². The van der Waals surface area contributed by atoms with Crippen LogP contribution in [0.15, 0.2) is 42.7 Å². The Morgan fingerprint density at radius 3 is 2.35 bits per heavy atom. The number of benzene rings is 1. The topological polar surface area (TPSA) is 144 Å². The van der Waals surface area contributed by atoms with Crippen LogP contribution >= 0.6 is 0 Å². The van der Waals surface area contributed by atoms with Crippen molar-refractivity contribution in [1.29, 1.82) is 0 Å². The maximum Gasteiger partial charge on any atom is 0.407 e. The second-order valence-electron chi connectivity index (χ2n) is 11.3. The van der Waals surface area contributed by atoms with Crippen molar-refractivity contribution in [2.45, 2.75) is 77.5 Å². The van der Waals surface area contributed by atoms with Crippen molar-refractivity contribution in [3.05, 3.63) is 54.4 Å². The Morgan fingerprint density at radius 2 is 1.70 bits per heavy atom. The molecule has 0 spiro atoms. The molecule has 0 bridgehead atoms. The van der Waals surface area contributed by atoms with E-state index in [-0.39, 0.29) is 29.4 Å². The van der Waals surface area contributed by atoms with Gasteiger partial charge in [0.2, 0.25) is 27.6 Å². The molecule has 2 aromatic heterocycles. The summed E-state index contributed by atoms with van der Waals surface area (Å²) in [5.41, 5.74) is -0.0396. The van der Waals surface area contributed by atoms with Crippen molar-refractivity contribution in [3.8, 4) is 22.9 Å². The van der Waals surface area contributed by atoms with E-state index in [2.05, 4.69) is 30.3 Å². The number of amides is 1. The number of nitrogens with zero attached hydrogens (tertiary/aromatic N) is 3. The Balaban J connectivity index is 1.43. The molecule has 1 amide bonds. The number of anilines is 2. The van der Waals surface area contributed by atoms with E-state index in [0.29, 0.717) is 23.6 Å². The van der Waals surface area contributed by atoms with Crippen molar-refractivity contribution in [2.75, 3.05) is 15.8 Å². The van der Waals surface area contributed by atoms with Gasteiger partial charge in [-0.1, -0.05) is 6.92 Å². The quantitative estimate of drug-likeness (QED) is 0.249. The molecule has 4 rings (SSSR count). The fraction of sp³-hybridized carbons (Fsp3) is 0.448. The van der Waals surface area contributed by atoms with Crippen molar-refractivity contribution >= 4 is 27.8 Å². The van der Waals surface area contributed by atoms with Crippen LogP contribution < -0.4 is 20.1 Å². The van der Waals surface area contributed by atoms with E-state index in [1.807, 2.05) is 20.8 Å². The van der Waals surface area contributed by atoms with Gasteiger partial charge < -0.3 is 20.1 Å². The van der Waals surface area contributed by atoms with Crippen LogP contribution in [0.4, 0.5) is 25.2 Å². The number of rotatable bonds is 10. The van der Waals surface area contributed by atoms with Crippen LogP contribution in [0, 0.1) is 11.6 Å². The van der Waals surface area contributed by atoms with Gasteiger partial charge in [0, 0.05) is 36.6 Å². The molecule has 3 aromatic rings. The molecule has 3 N–H and O–H groups in total. The number of alkyl carbamates (subject to hydrolysis) is 1. The zero-order chi connectivity index (χ0) is 31.2. The number of aromatic nitrogens is 3. The number of ether oxygens (including phenoxy) is 2. The fourth-order valence-corrected chi connectivity index (χ4v) is 5.71. The lowest BCUT2D eigenvalue weighted by atomic mass is 9.91. The van der Waals surface area contributed by atoms with E-state index < -0.39 is 39.1 Å². The molecule has 1 aliphatic carbocycles. The molecule has 232 valence electrons. The highest BCUT2D eigenvalue weighted by molar-refractivity contribution is 7.92. The number of hydrogen-bond donors (Lipinski definition) is 3. The molecule has 1 aromatic carbocycles. The van der Waals surface area contributed by atoms with Crippen molar-refractivity contribution in [1.82, 2.24) is 20.3 Å². The predicted octanol–water partition coefficient (Wildman–Crippen LogP) is 6.01. The van der Waals surface area contributed by atoms with Gasteiger partial charge in [0.05, 0.1) is 22.7 Å². The molecule has 14 heteroatoms. The maximum absolute atomic E-state index is 14.9. The number of carbonyl (C=O) groups excluding carboxylic acids is 1. The van der Waals surface area contributed by atoms with Gasteiger partial charge in [-0.05, 0) is 71.1 Å². The summed E-state index contributed by atoms with van der Waals surface area (Å²) in [7, 11) is -3.74. The number of carbonyl (C=O) groups is 1. The summed E-state index contributed by atoms with van der Waals surface area (Å²) in [6, 6.07) is 6.68. The average molecular weight is 619 g/mol. The van der Waals surface area contributed by atoms with Gasteiger partial charge in [-0.2, -0.15) is 0 Å². The number of hydrogen-bond acceptors (Lipinski definition) is 9. The monoisotopic (exact) mass is 618 g/mol. The van der Waals surface area contributed by atoms with Crippen LogP contribution in [0.25, 0.3) is 11.3 Å². The number of pyridine rings is 1. The molecule has 2 heterocycles. The first-order valence-electron chi connectivity index (χ1n) is 14.0.